The van der Waals surface area contributed by atoms with Crippen LogP contribution in [0, 0.1) is 0 Å². The van der Waals surface area contributed by atoms with Gasteiger partial charge in [-0.25, -0.2) is 5.43 Å². The van der Waals surface area contributed by atoms with Gasteiger partial charge in [0.1, 0.15) is 0 Å². The van der Waals surface area contributed by atoms with Gasteiger partial charge in [0.2, 0.25) is 0 Å². The molecule has 0 aliphatic carbocycles. The van der Waals surface area contributed by atoms with E-state index >= 15 is 0 Å². The van der Waals surface area contributed by atoms with Crippen molar-refractivity contribution in [1.29, 1.82) is 0 Å². The molecule has 0 aliphatic heterocycles. The summed E-state index contributed by atoms with van der Waals surface area (Å²) in [6.45, 7) is 2.66. The van der Waals surface area contributed by atoms with Crippen LogP contribution in [0.4, 0.5) is 0 Å². The lowest BCUT2D eigenvalue weighted by Crippen LogP contribution is -2.22. The van der Waals surface area contributed by atoms with Gasteiger partial charge in [-0.1, -0.05) is 72.4 Å². The summed E-state index contributed by atoms with van der Waals surface area (Å²) in [5, 5.41) is 13.5. The highest BCUT2D eigenvalue weighted by molar-refractivity contribution is 7.99. The van der Waals surface area contributed by atoms with Gasteiger partial charge in [-0.3, -0.25) is 9.36 Å². The Morgan fingerprint density at radius 2 is 1.68 bits per heavy atom. The monoisotopic (exact) mass is 431 g/mol. The molecule has 8 heteroatoms. The molecule has 0 atom stereocenters. The largest absolute Gasteiger partial charge is 0.461 e. The molecule has 4 aromatic rings. The number of thioether (sulfide) groups is 1. The fourth-order valence-corrected chi connectivity index (χ4v) is 3.83. The third-order valence-electron chi connectivity index (χ3n) is 4.49. The zero-order chi connectivity index (χ0) is 21.5. The first-order chi connectivity index (χ1) is 15.3. The Kier molecular flexibility index (Phi) is 6.59. The van der Waals surface area contributed by atoms with Gasteiger partial charge in [0.15, 0.2) is 16.7 Å². The molecule has 31 heavy (non-hydrogen) atoms. The van der Waals surface area contributed by atoms with Crippen LogP contribution >= 0.6 is 11.8 Å². The molecule has 1 N–H and O–H groups in total. The molecular weight excluding hydrogens is 410 g/mol. The zero-order valence-electron chi connectivity index (χ0n) is 16.9. The van der Waals surface area contributed by atoms with Crippen LogP contribution in [-0.2, 0) is 11.3 Å². The van der Waals surface area contributed by atoms with E-state index in [2.05, 4.69) is 20.7 Å². The SMILES string of the molecule is CCn1c(SCC(=O)NN=C(c2ccccc2)c2ccccc2)nnc1-c1ccco1. The highest BCUT2D eigenvalue weighted by atomic mass is 32.2. The lowest BCUT2D eigenvalue weighted by Gasteiger charge is -2.08. The fraction of sp³-hybridized carbons (Fsp3) is 0.130. The third kappa shape index (κ3) is 4.92. The number of hydrogen-bond donors (Lipinski definition) is 1. The Morgan fingerprint density at radius 3 is 2.26 bits per heavy atom. The number of benzene rings is 2. The molecule has 0 radical (unpaired) electrons. The van der Waals surface area contributed by atoms with E-state index in [4.69, 9.17) is 4.42 Å². The van der Waals surface area contributed by atoms with Gasteiger partial charge in [0.05, 0.1) is 17.7 Å². The molecule has 0 spiro atoms. The molecule has 1 amide bonds. The Morgan fingerprint density at radius 1 is 1.00 bits per heavy atom. The van der Waals surface area contributed by atoms with Crippen molar-refractivity contribution in [3.05, 3.63) is 90.2 Å². The normalized spacial score (nSPS) is 10.6. The van der Waals surface area contributed by atoms with Gasteiger partial charge < -0.3 is 4.42 Å². The first kappa shape index (κ1) is 20.6. The minimum absolute atomic E-state index is 0.163. The molecule has 0 fully saturated rings. The third-order valence-corrected chi connectivity index (χ3v) is 5.46. The number of aromatic nitrogens is 3. The maximum absolute atomic E-state index is 12.5. The van der Waals surface area contributed by atoms with E-state index < -0.39 is 0 Å². The second-order valence-electron chi connectivity index (χ2n) is 6.54. The molecule has 0 aliphatic rings. The molecule has 0 bridgehead atoms. The molecular formula is C23H21N5O2S. The number of amides is 1. The van der Waals surface area contributed by atoms with Crippen molar-refractivity contribution in [2.24, 2.45) is 5.10 Å². The summed E-state index contributed by atoms with van der Waals surface area (Å²) in [5.74, 6) is 1.23. The molecule has 0 saturated heterocycles. The van der Waals surface area contributed by atoms with Crippen LogP contribution in [0.2, 0.25) is 0 Å². The van der Waals surface area contributed by atoms with Gasteiger partial charge in [-0.15, -0.1) is 10.2 Å². The smallest absolute Gasteiger partial charge is 0.250 e. The summed E-state index contributed by atoms with van der Waals surface area (Å²) >= 11 is 1.31. The standard InChI is InChI=1S/C23H21N5O2S/c1-2-28-22(19-14-9-15-30-19)26-27-23(28)31-16-20(29)24-25-21(17-10-5-3-6-11-17)18-12-7-4-8-13-18/h3-15H,2,16H2,1H3,(H,24,29). The van der Waals surface area contributed by atoms with E-state index in [-0.39, 0.29) is 11.7 Å². The molecule has 2 heterocycles. The van der Waals surface area contributed by atoms with E-state index in [1.54, 1.807) is 12.3 Å². The number of nitrogens with one attached hydrogen (secondary N) is 1. The van der Waals surface area contributed by atoms with Crippen LogP contribution in [0.25, 0.3) is 11.6 Å². The Hall–Kier alpha value is -3.65. The number of nitrogens with zero attached hydrogens (tertiary/aromatic N) is 4. The molecule has 156 valence electrons. The first-order valence-corrected chi connectivity index (χ1v) is 10.8. The van der Waals surface area contributed by atoms with Crippen molar-refractivity contribution in [1.82, 2.24) is 20.2 Å². The minimum atomic E-state index is -0.223. The van der Waals surface area contributed by atoms with E-state index in [9.17, 15) is 4.79 Å². The predicted octanol–water partition coefficient (Wildman–Crippen LogP) is 4.22. The molecule has 4 rings (SSSR count). The van der Waals surface area contributed by atoms with Crippen LogP contribution in [-0.4, -0.2) is 32.1 Å². The van der Waals surface area contributed by atoms with E-state index in [1.807, 2.05) is 78.2 Å². The van der Waals surface area contributed by atoms with Crippen LogP contribution in [0.5, 0.6) is 0 Å². The Bertz CT molecular complexity index is 1110. The van der Waals surface area contributed by atoms with Gasteiger partial charge in [-0.2, -0.15) is 5.10 Å². The number of hydrazone groups is 1. The van der Waals surface area contributed by atoms with Gasteiger partial charge in [0, 0.05) is 17.7 Å². The number of carbonyl (C=O) groups excluding carboxylic acids is 1. The zero-order valence-corrected chi connectivity index (χ0v) is 17.7. The molecule has 0 unspecified atom stereocenters. The maximum Gasteiger partial charge on any atom is 0.250 e. The van der Waals surface area contributed by atoms with Crippen LogP contribution in [0.1, 0.15) is 18.1 Å². The van der Waals surface area contributed by atoms with Crippen LogP contribution in [0.15, 0.2) is 93.7 Å². The van der Waals surface area contributed by atoms with Crippen molar-refractivity contribution in [3.63, 3.8) is 0 Å². The van der Waals surface area contributed by atoms with Crippen LogP contribution < -0.4 is 5.43 Å². The number of furan rings is 1. The molecule has 2 aromatic carbocycles. The molecule has 7 nitrogen and oxygen atoms in total. The average Bonchev–Trinajstić information content (AvgIpc) is 3.49. The molecule has 2 aromatic heterocycles. The van der Waals surface area contributed by atoms with Gasteiger partial charge in [0.25, 0.3) is 5.91 Å². The Labute approximate surface area is 184 Å². The van der Waals surface area contributed by atoms with Crippen molar-refractivity contribution in [2.75, 3.05) is 5.75 Å². The van der Waals surface area contributed by atoms with Crippen molar-refractivity contribution >= 4 is 23.4 Å². The average molecular weight is 432 g/mol. The second-order valence-corrected chi connectivity index (χ2v) is 7.49. The van der Waals surface area contributed by atoms with E-state index in [1.165, 1.54) is 11.8 Å². The van der Waals surface area contributed by atoms with Gasteiger partial charge >= 0.3 is 0 Å². The van der Waals surface area contributed by atoms with Gasteiger partial charge in [-0.05, 0) is 19.1 Å². The quantitative estimate of drug-likeness (QED) is 0.256. The van der Waals surface area contributed by atoms with E-state index in [0.717, 1.165) is 11.1 Å². The summed E-state index contributed by atoms with van der Waals surface area (Å²) in [5.41, 5.74) is 5.23. The van der Waals surface area contributed by atoms with Crippen molar-refractivity contribution in [3.8, 4) is 11.6 Å². The number of carbonyl (C=O) groups is 1. The molecule has 0 saturated carbocycles. The lowest BCUT2D eigenvalue weighted by atomic mass is 10.0. The first-order valence-electron chi connectivity index (χ1n) is 9.83. The summed E-state index contributed by atoms with van der Waals surface area (Å²) in [7, 11) is 0. The lowest BCUT2D eigenvalue weighted by molar-refractivity contribution is -0.118. The highest BCUT2D eigenvalue weighted by Gasteiger charge is 2.16. The van der Waals surface area contributed by atoms with Crippen LogP contribution in [0.3, 0.4) is 0 Å². The van der Waals surface area contributed by atoms with E-state index in [0.29, 0.717) is 29.0 Å². The number of rotatable bonds is 8. The summed E-state index contributed by atoms with van der Waals surface area (Å²) in [6, 6.07) is 23.2. The second kappa shape index (κ2) is 9.90. The topological polar surface area (TPSA) is 85.3 Å². The predicted molar refractivity (Wildman–Crippen MR) is 121 cm³/mol. The van der Waals surface area contributed by atoms with Crippen molar-refractivity contribution < 1.29 is 9.21 Å². The summed E-state index contributed by atoms with van der Waals surface area (Å²) in [4.78, 5) is 12.5. The van der Waals surface area contributed by atoms with Crippen molar-refractivity contribution in [2.45, 2.75) is 18.6 Å². The fourth-order valence-electron chi connectivity index (χ4n) is 3.04. The minimum Gasteiger partial charge on any atom is -0.461 e. The Balaban J connectivity index is 1.46. The summed E-state index contributed by atoms with van der Waals surface area (Å²) in [6.07, 6.45) is 1.60. The maximum atomic E-state index is 12.5. The number of hydrogen-bond acceptors (Lipinski definition) is 6. The highest BCUT2D eigenvalue weighted by Crippen LogP contribution is 2.24. The summed E-state index contributed by atoms with van der Waals surface area (Å²) < 4.78 is 7.34.